The maximum absolute atomic E-state index is 11.3. The maximum atomic E-state index is 11.3. The lowest BCUT2D eigenvalue weighted by atomic mass is 9.98. The highest BCUT2D eigenvalue weighted by Crippen LogP contribution is 2.20. The smallest absolute Gasteiger partial charge is 0.225 e. The van der Waals surface area contributed by atoms with Crippen molar-refractivity contribution < 1.29 is 4.79 Å². The number of aromatic nitrogens is 2. The Labute approximate surface area is 106 Å². The average Bonchev–Trinajstić information content (AvgIpc) is 2.38. The number of carbonyl (C=O) groups is 1. The SMILES string of the molecule is Cc1cc(CN)nc(N2CCCC(C(N)=O)C2)n1. The minimum Gasteiger partial charge on any atom is -0.369 e. The summed E-state index contributed by atoms with van der Waals surface area (Å²) in [4.78, 5) is 22.1. The Hall–Kier alpha value is -1.69. The normalized spacial score (nSPS) is 19.9. The Morgan fingerprint density at radius 2 is 2.33 bits per heavy atom. The molecule has 1 aliphatic heterocycles. The van der Waals surface area contributed by atoms with Crippen molar-refractivity contribution in [1.29, 1.82) is 0 Å². The minimum atomic E-state index is -0.244. The number of rotatable bonds is 3. The van der Waals surface area contributed by atoms with Crippen LogP contribution in [0.25, 0.3) is 0 Å². The molecule has 0 aliphatic carbocycles. The van der Waals surface area contributed by atoms with E-state index in [9.17, 15) is 4.79 Å². The molecule has 18 heavy (non-hydrogen) atoms. The molecule has 4 N–H and O–H groups in total. The molecule has 0 bridgehead atoms. The molecule has 1 aromatic rings. The lowest BCUT2D eigenvalue weighted by Gasteiger charge is -2.31. The van der Waals surface area contributed by atoms with Crippen LogP contribution in [0, 0.1) is 12.8 Å². The van der Waals surface area contributed by atoms with Gasteiger partial charge in [0, 0.05) is 25.3 Å². The van der Waals surface area contributed by atoms with E-state index in [1.54, 1.807) is 0 Å². The van der Waals surface area contributed by atoms with Crippen LogP contribution < -0.4 is 16.4 Å². The Morgan fingerprint density at radius 3 is 3.00 bits per heavy atom. The van der Waals surface area contributed by atoms with E-state index in [-0.39, 0.29) is 11.8 Å². The maximum Gasteiger partial charge on any atom is 0.225 e. The first-order valence-corrected chi connectivity index (χ1v) is 6.19. The van der Waals surface area contributed by atoms with Gasteiger partial charge in [-0.25, -0.2) is 9.97 Å². The molecule has 1 aliphatic rings. The molecule has 0 aromatic carbocycles. The minimum absolute atomic E-state index is 0.107. The van der Waals surface area contributed by atoms with Gasteiger partial charge < -0.3 is 16.4 Å². The Balaban J connectivity index is 2.20. The van der Waals surface area contributed by atoms with Gasteiger partial charge in [-0.15, -0.1) is 0 Å². The van der Waals surface area contributed by atoms with E-state index in [1.807, 2.05) is 17.9 Å². The number of hydrogen-bond acceptors (Lipinski definition) is 5. The highest BCUT2D eigenvalue weighted by Gasteiger charge is 2.25. The number of nitrogens with zero attached hydrogens (tertiary/aromatic N) is 3. The standard InChI is InChI=1S/C12H19N5O/c1-8-5-10(6-13)16-12(15-8)17-4-2-3-9(7-17)11(14)18/h5,9H,2-4,6-7,13H2,1H3,(H2,14,18). The molecule has 6 nitrogen and oxygen atoms in total. The van der Waals surface area contributed by atoms with Gasteiger partial charge in [0.2, 0.25) is 11.9 Å². The summed E-state index contributed by atoms with van der Waals surface area (Å²) in [6.07, 6.45) is 1.78. The van der Waals surface area contributed by atoms with E-state index in [2.05, 4.69) is 9.97 Å². The molecule has 0 saturated carbocycles. The summed E-state index contributed by atoms with van der Waals surface area (Å²) < 4.78 is 0. The zero-order valence-electron chi connectivity index (χ0n) is 10.6. The summed E-state index contributed by atoms with van der Waals surface area (Å²) >= 11 is 0. The molecule has 0 radical (unpaired) electrons. The van der Waals surface area contributed by atoms with Gasteiger partial charge in [0.25, 0.3) is 0 Å². The van der Waals surface area contributed by atoms with Gasteiger partial charge in [0.15, 0.2) is 0 Å². The monoisotopic (exact) mass is 249 g/mol. The fraction of sp³-hybridized carbons (Fsp3) is 0.583. The summed E-state index contributed by atoms with van der Waals surface area (Å²) in [6, 6.07) is 1.87. The predicted octanol–water partition coefficient (Wildman–Crippen LogP) is -0.0546. The van der Waals surface area contributed by atoms with Crippen LogP contribution in [0.15, 0.2) is 6.07 Å². The molecule has 1 unspecified atom stereocenters. The van der Waals surface area contributed by atoms with Crippen LogP contribution in [-0.4, -0.2) is 29.0 Å². The van der Waals surface area contributed by atoms with Gasteiger partial charge in [0.1, 0.15) is 0 Å². The van der Waals surface area contributed by atoms with Gasteiger partial charge >= 0.3 is 0 Å². The van der Waals surface area contributed by atoms with Gasteiger partial charge in [-0.3, -0.25) is 4.79 Å². The van der Waals surface area contributed by atoms with Gasteiger partial charge in [0.05, 0.1) is 11.6 Å². The first-order chi connectivity index (χ1) is 8.60. The number of primary amides is 1. The highest BCUT2D eigenvalue weighted by molar-refractivity contribution is 5.77. The van der Waals surface area contributed by atoms with E-state index in [4.69, 9.17) is 11.5 Å². The number of piperidine rings is 1. The fourth-order valence-corrected chi connectivity index (χ4v) is 2.25. The van der Waals surface area contributed by atoms with Crippen molar-refractivity contribution >= 4 is 11.9 Å². The topological polar surface area (TPSA) is 98.1 Å². The molecular weight excluding hydrogens is 230 g/mol. The fourth-order valence-electron chi connectivity index (χ4n) is 2.25. The zero-order chi connectivity index (χ0) is 13.1. The van der Waals surface area contributed by atoms with E-state index >= 15 is 0 Å². The molecule has 1 saturated heterocycles. The lowest BCUT2D eigenvalue weighted by Crippen LogP contribution is -2.42. The molecule has 0 spiro atoms. The third kappa shape index (κ3) is 2.76. The number of hydrogen-bond donors (Lipinski definition) is 2. The lowest BCUT2D eigenvalue weighted by molar-refractivity contribution is -0.122. The van der Waals surface area contributed by atoms with Crippen LogP contribution in [0.2, 0.25) is 0 Å². The average molecular weight is 249 g/mol. The Kier molecular flexibility index (Phi) is 3.76. The molecule has 2 heterocycles. The molecule has 1 aromatic heterocycles. The molecule has 1 atom stereocenters. The van der Waals surface area contributed by atoms with E-state index in [1.165, 1.54) is 0 Å². The Morgan fingerprint density at radius 1 is 1.56 bits per heavy atom. The van der Waals surface area contributed by atoms with Gasteiger partial charge in [-0.1, -0.05) is 0 Å². The first kappa shape index (κ1) is 12.8. The number of nitrogens with two attached hydrogens (primary N) is 2. The second kappa shape index (κ2) is 5.30. The van der Waals surface area contributed by atoms with Gasteiger partial charge in [-0.05, 0) is 25.8 Å². The van der Waals surface area contributed by atoms with Crippen LogP contribution in [0.3, 0.4) is 0 Å². The van der Waals surface area contributed by atoms with Crippen molar-refractivity contribution in [2.75, 3.05) is 18.0 Å². The van der Waals surface area contributed by atoms with Crippen molar-refractivity contribution in [2.45, 2.75) is 26.3 Å². The number of carbonyl (C=O) groups excluding carboxylic acids is 1. The molecule has 2 rings (SSSR count). The molecule has 6 heteroatoms. The van der Waals surface area contributed by atoms with E-state index in [0.717, 1.165) is 30.8 Å². The summed E-state index contributed by atoms with van der Waals surface area (Å²) in [5, 5.41) is 0. The Bertz CT molecular complexity index is 448. The van der Waals surface area contributed by atoms with E-state index in [0.29, 0.717) is 19.0 Å². The summed E-state index contributed by atoms with van der Waals surface area (Å²) in [7, 11) is 0. The second-order valence-electron chi connectivity index (χ2n) is 4.69. The van der Waals surface area contributed by atoms with Crippen LogP contribution >= 0.6 is 0 Å². The van der Waals surface area contributed by atoms with Crippen molar-refractivity contribution in [1.82, 2.24) is 9.97 Å². The van der Waals surface area contributed by atoms with Crippen molar-refractivity contribution in [3.8, 4) is 0 Å². The van der Waals surface area contributed by atoms with Crippen molar-refractivity contribution in [2.24, 2.45) is 17.4 Å². The second-order valence-corrected chi connectivity index (χ2v) is 4.69. The van der Waals surface area contributed by atoms with Crippen molar-refractivity contribution in [3.05, 3.63) is 17.5 Å². The molecular formula is C12H19N5O. The number of anilines is 1. The van der Waals surface area contributed by atoms with Crippen LogP contribution in [-0.2, 0) is 11.3 Å². The number of amides is 1. The quantitative estimate of drug-likeness (QED) is 0.782. The molecule has 1 fully saturated rings. The van der Waals surface area contributed by atoms with E-state index < -0.39 is 0 Å². The molecule has 98 valence electrons. The molecule has 1 amide bonds. The van der Waals surface area contributed by atoms with Crippen molar-refractivity contribution in [3.63, 3.8) is 0 Å². The largest absolute Gasteiger partial charge is 0.369 e. The number of aryl methyl sites for hydroxylation is 1. The third-order valence-electron chi connectivity index (χ3n) is 3.21. The van der Waals surface area contributed by atoms with Gasteiger partial charge in [-0.2, -0.15) is 0 Å². The zero-order valence-corrected chi connectivity index (χ0v) is 10.6. The first-order valence-electron chi connectivity index (χ1n) is 6.19. The summed E-state index contributed by atoms with van der Waals surface area (Å²) in [6.45, 7) is 3.77. The van der Waals surface area contributed by atoms with Crippen LogP contribution in [0.5, 0.6) is 0 Å². The summed E-state index contributed by atoms with van der Waals surface area (Å²) in [5.74, 6) is 0.303. The highest BCUT2D eigenvalue weighted by atomic mass is 16.1. The third-order valence-corrected chi connectivity index (χ3v) is 3.21. The van der Waals surface area contributed by atoms with Crippen LogP contribution in [0.1, 0.15) is 24.2 Å². The predicted molar refractivity (Wildman–Crippen MR) is 68.8 cm³/mol. The van der Waals surface area contributed by atoms with Crippen LogP contribution in [0.4, 0.5) is 5.95 Å². The summed E-state index contributed by atoms with van der Waals surface area (Å²) in [5.41, 5.74) is 12.7.